The summed E-state index contributed by atoms with van der Waals surface area (Å²) in [6, 6.07) is 1.40. The first kappa shape index (κ1) is 12.3. The topological polar surface area (TPSA) is 91.5 Å². The van der Waals surface area contributed by atoms with Crippen molar-refractivity contribution in [2.45, 2.75) is 17.1 Å². The Bertz CT molecular complexity index is 667. The molecule has 2 aromatic rings. The molecule has 0 amide bonds. The van der Waals surface area contributed by atoms with Crippen LogP contribution in [0.5, 0.6) is 0 Å². The van der Waals surface area contributed by atoms with Crippen molar-refractivity contribution in [3.8, 4) is 0 Å². The van der Waals surface area contributed by atoms with E-state index >= 15 is 0 Å². The van der Waals surface area contributed by atoms with Gasteiger partial charge in [-0.1, -0.05) is 0 Å². The quantitative estimate of drug-likeness (QED) is 0.471. The van der Waals surface area contributed by atoms with Crippen LogP contribution in [0.4, 0.5) is 0 Å². The Morgan fingerprint density at radius 3 is 2.88 bits per heavy atom. The molecular weight excluding hydrogens is 355 g/mol. The molecule has 0 unspecified atom stereocenters. The van der Waals surface area contributed by atoms with Gasteiger partial charge >= 0.3 is 0 Å². The highest BCUT2D eigenvalue weighted by atomic mass is 127. The zero-order valence-corrected chi connectivity index (χ0v) is 11.6. The minimum atomic E-state index is -0.222. The van der Waals surface area contributed by atoms with Crippen LogP contribution in [0.2, 0.25) is 0 Å². The molecule has 0 aliphatic heterocycles. The number of rotatable bonds is 2. The molecule has 0 aromatic carbocycles. The highest BCUT2D eigenvalue weighted by Gasteiger charge is 2.09. The summed E-state index contributed by atoms with van der Waals surface area (Å²) in [6.07, 6.45) is 1.32. The van der Waals surface area contributed by atoms with Gasteiger partial charge in [0.1, 0.15) is 8.60 Å². The summed E-state index contributed by atoms with van der Waals surface area (Å²) in [4.78, 5) is 35.8. The second-order valence-corrected chi connectivity index (χ2v) is 5.20. The molecule has 17 heavy (non-hydrogen) atoms. The van der Waals surface area contributed by atoms with Crippen LogP contribution in [0.1, 0.15) is 5.69 Å². The van der Waals surface area contributed by atoms with Crippen molar-refractivity contribution < 1.29 is 0 Å². The highest BCUT2D eigenvalue weighted by Crippen LogP contribution is 2.23. The number of nitrogens with one attached hydrogen (secondary N) is 2. The third-order valence-corrected chi connectivity index (χ3v) is 4.06. The van der Waals surface area contributed by atoms with Crippen molar-refractivity contribution in [1.29, 1.82) is 0 Å². The minimum absolute atomic E-state index is 0.210. The molecule has 2 heterocycles. The fraction of sp³-hybridized carbons (Fsp3) is 0.111. The summed E-state index contributed by atoms with van der Waals surface area (Å²) in [5.41, 5.74) is 0.189. The van der Waals surface area contributed by atoms with Gasteiger partial charge in [0.05, 0.1) is 6.33 Å². The molecule has 0 radical (unpaired) electrons. The van der Waals surface area contributed by atoms with Crippen LogP contribution in [0, 0.1) is 10.5 Å². The molecule has 0 bridgehead atoms. The van der Waals surface area contributed by atoms with Crippen LogP contribution in [0.25, 0.3) is 0 Å². The Labute approximate surface area is 113 Å². The SMILES string of the molecule is Cc1cc(=O)[nH]c(Sc2nc[nH]c(=O)c2I)n1. The van der Waals surface area contributed by atoms with E-state index in [1.165, 1.54) is 12.4 Å². The fourth-order valence-corrected chi connectivity index (χ4v) is 2.57. The lowest BCUT2D eigenvalue weighted by atomic mass is 10.5. The second-order valence-electron chi connectivity index (χ2n) is 3.14. The van der Waals surface area contributed by atoms with E-state index in [9.17, 15) is 9.59 Å². The monoisotopic (exact) mass is 362 g/mol. The van der Waals surface area contributed by atoms with Gasteiger partial charge in [-0.25, -0.2) is 9.97 Å². The Kier molecular flexibility index (Phi) is 3.62. The van der Waals surface area contributed by atoms with Crippen LogP contribution in [-0.4, -0.2) is 19.9 Å². The van der Waals surface area contributed by atoms with E-state index in [0.717, 1.165) is 11.8 Å². The van der Waals surface area contributed by atoms with Crippen LogP contribution in [-0.2, 0) is 0 Å². The van der Waals surface area contributed by atoms with E-state index < -0.39 is 0 Å². The molecule has 0 fully saturated rings. The number of aryl methyl sites for hydroxylation is 1. The number of aromatic amines is 2. The number of hydrogen-bond acceptors (Lipinski definition) is 5. The summed E-state index contributed by atoms with van der Waals surface area (Å²) < 4.78 is 0.472. The molecule has 2 N–H and O–H groups in total. The van der Waals surface area contributed by atoms with Gasteiger partial charge in [0.2, 0.25) is 0 Å². The molecule has 88 valence electrons. The highest BCUT2D eigenvalue weighted by molar-refractivity contribution is 14.1. The summed E-state index contributed by atoms with van der Waals surface area (Å²) in [7, 11) is 0. The van der Waals surface area contributed by atoms with Gasteiger partial charge in [-0.3, -0.25) is 9.59 Å². The minimum Gasteiger partial charge on any atom is -0.312 e. The average Bonchev–Trinajstić information content (AvgIpc) is 2.23. The molecule has 8 heteroatoms. The van der Waals surface area contributed by atoms with E-state index in [1.807, 2.05) is 22.6 Å². The second kappa shape index (κ2) is 5.00. The largest absolute Gasteiger partial charge is 0.312 e. The molecule has 0 atom stereocenters. The number of halogens is 1. The maximum atomic E-state index is 11.4. The molecule has 0 saturated heterocycles. The molecule has 2 rings (SSSR count). The molecule has 0 aliphatic rings. The van der Waals surface area contributed by atoms with Crippen LogP contribution < -0.4 is 11.1 Å². The first-order valence-electron chi connectivity index (χ1n) is 4.55. The lowest BCUT2D eigenvalue weighted by molar-refractivity contribution is 0.896. The third-order valence-electron chi connectivity index (χ3n) is 1.81. The van der Waals surface area contributed by atoms with E-state index in [1.54, 1.807) is 6.92 Å². The predicted octanol–water partition coefficient (Wildman–Crippen LogP) is 0.917. The number of hydrogen-bond donors (Lipinski definition) is 2. The summed E-state index contributed by atoms with van der Waals surface area (Å²) >= 11 is 3.05. The zero-order valence-electron chi connectivity index (χ0n) is 8.65. The van der Waals surface area contributed by atoms with E-state index in [0.29, 0.717) is 19.4 Å². The zero-order chi connectivity index (χ0) is 12.4. The van der Waals surface area contributed by atoms with Gasteiger partial charge < -0.3 is 9.97 Å². The molecule has 0 aliphatic carbocycles. The number of nitrogens with zero attached hydrogens (tertiary/aromatic N) is 2. The first-order chi connectivity index (χ1) is 8.06. The van der Waals surface area contributed by atoms with Crippen molar-refractivity contribution in [2.24, 2.45) is 0 Å². The number of aromatic nitrogens is 4. The van der Waals surface area contributed by atoms with Gasteiger partial charge in [-0.15, -0.1) is 0 Å². The van der Waals surface area contributed by atoms with Crippen LogP contribution in [0.15, 0.2) is 32.2 Å². The van der Waals surface area contributed by atoms with Crippen molar-refractivity contribution >= 4 is 34.4 Å². The molecule has 2 aromatic heterocycles. The fourth-order valence-electron chi connectivity index (χ4n) is 1.13. The van der Waals surface area contributed by atoms with Gasteiger partial charge in [0.25, 0.3) is 11.1 Å². The Morgan fingerprint density at radius 1 is 1.41 bits per heavy atom. The average molecular weight is 362 g/mol. The van der Waals surface area contributed by atoms with Crippen LogP contribution in [0.3, 0.4) is 0 Å². The van der Waals surface area contributed by atoms with Crippen molar-refractivity contribution in [1.82, 2.24) is 19.9 Å². The molecule has 6 nitrogen and oxygen atoms in total. The van der Waals surface area contributed by atoms with Gasteiger partial charge in [-0.2, -0.15) is 0 Å². The summed E-state index contributed by atoms with van der Waals surface area (Å²) in [5.74, 6) is 0. The normalized spacial score (nSPS) is 10.5. The van der Waals surface area contributed by atoms with Crippen molar-refractivity contribution in [2.75, 3.05) is 0 Å². The summed E-state index contributed by atoms with van der Waals surface area (Å²) in [5, 5.41) is 0.939. The van der Waals surface area contributed by atoms with Crippen molar-refractivity contribution in [3.05, 3.63) is 42.4 Å². The van der Waals surface area contributed by atoms with Crippen LogP contribution >= 0.6 is 34.4 Å². The van der Waals surface area contributed by atoms with Gasteiger partial charge in [0.15, 0.2) is 5.16 Å². The maximum Gasteiger partial charge on any atom is 0.265 e. The van der Waals surface area contributed by atoms with Crippen molar-refractivity contribution in [3.63, 3.8) is 0 Å². The summed E-state index contributed by atoms with van der Waals surface area (Å²) in [6.45, 7) is 1.73. The Morgan fingerprint density at radius 2 is 2.18 bits per heavy atom. The molecular formula is C9H7IN4O2S. The Hall–Kier alpha value is -1.16. The first-order valence-corrected chi connectivity index (χ1v) is 6.45. The van der Waals surface area contributed by atoms with E-state index in [4.69, 9.17) is 0 Å². The van der Waals surface area contributed by atoms with Gasteiger partial charge in [-0.05, 0) is 41.3 Å². The smallest absolute Gasteiger partial charge is 0.265 e. The Balaban J connectivity index is 2.41. The molecule has 0 spiro atoms. The molecule has 0 saturated carbocycles. The predicted molar refractivity (Wildman–Crippen MR) is 71.3 cm³/mol. The lowest BCUT2D eigenvalue weighted by Gasteiger charge is -2.01. The lowest BCUT2D eigenvalue weighted by Crippen LogP contribution is -2.12. The van der Waals surface area contributed by atoms with E-state index in [2.05, 4.69) is 19.9 Å². The maximum absolute atomic E-state index is 11.4. The van der Waals surface area contributed by atoms with E-state index in [-0.39, 0.29) is 11.1 Å². The standard InChI is InChI=1S/C9H7IN4O2S/c1-4-2-5(15)14-9(13-4)17-8-6(10)7(16)11-3-12-8/h2-3H,1H3,(H,11,12,16)(H,13,14,15). The van der Waals surface area contributed by atoms with Gasteiger partial charge in [0, 0.05) is 11.8 Å². The third kappa shape index (κ3) is 2.94. The number of H-pyrrole nitrogens is 2.